The largest absolute Gasteiger partial charge is 0.488 e. The normalized spacial score (nSPS) is 11.0. The number of nitrogens with one attached hydrogen (secondary N) is 1. The van der Waals surface area contributed by atoms with Gasteiger partial charge in [-0.25, -0.2) is 4.39 Å². The minimum Gasteiger partial charge on any atom is -0.488 e. The SMILES string of the molecule is CCc1ccc(NC(=O)/C(C#N)=C/c2ccc(OCc3cccc(F)c3)c(Br)c2)cc1. The van der Waals surface area contributed by atoms with E-state index in [1.54, 1.807) is 30.3 Å². The number of carbonyl (C=O) groups is 1. The summed E-state index contributed by atoms with van der Waals surface area (Å²) in [5, 5.41) is 12.2. The van der Waals surface area contributed by atoms with E-state index in [1.807, 2.05) is 30.3 Å². The molecule has 4 nitrogen and oxygen atoms in total. The van der Waals surface area contributed by atoms with Crippen LogP contribution in [0.3, 0.4) is 0 Å². The molecular formula is C25H20BrFN2O2. The molecule has 31 heavy (non-hydrogen) atoms. The number of hydrogen-bond acceptors (Lipinski definition) is 3. The fraction of sp³-hybridized carbons (Fsp3) is 0.120. The van der Waals surface area contributed by atoms with Crippen LogP contribution in [-0.4, -0.2) is 5.91 Å². The molecule has 1 N–H and O–H groups in total. The summed E-state index contributed by atoms with van der Waals surface area (Å²) in [7, 11) is 0. The lowest BCUT2D eigenvalue weighted by Crippen LogP contribution is -2.13. The van der Waals surface area contributed by atoms with Gasteiger partial charge in [0.05, 0.1) is 4.47 Å². The molecule has 1 amide bonds. The zero-order valence-electron chi connectivity index (χ0n) is 16.9. The molecule has 0 bridgehead atoms. The molecule has 0 saturated carbocycles. The van der Waals surface area contributed by atoms with Crippen LogP contribution in [0.5, 0.6) is 5.75 Å². The molecule has 156 valence electrons. The smallest absolute Gasteiger partial charge is 0.266 e. The molecule has 0 radical (unpaired) electrons. The van der Waals surface area contributed by atoms with Crippen LogP contribution in [0.1, 0.15) is 23.6 Å². The third kappa shape index (κ3) is 6.27. The summed E-state index contributed by atoms with van der Waals surface area (Å²) in [6, 6.07) is 20.9. The van der Waals surface area contributed by atoms with Crippen molar-refractivity contribution in [1.29, 1.82) is 5.26 Å². The molecule has 0 spiro atoms. The number of rotatable bonds is 7. The molecule has 0 unspecified atom stereocenters. The topological polar surface area (TPSA) is 62.1 Å². The van der Waals surface area contributed by atoms with Crippen LogP contribution in [0.4, 0.5) is 10.1 Å². The van der Waals surface area contributed by atoms with Gasteiger partial charge in [0, 0.05) is 5.69 Å². The fourth-order valence-electron chi connectivity index (χ4n) is 2.85. The third-order valence-corrected chi connectivity index (χ3v) is 5.16. The zero-order chi connectivity index (χ0) is 22.2. The van der Waals surface area contributed by atoms with E-state index in [0.29, 0.717) is 27.0 Å². The number of anilines is 1. The quantitative estimate of drug-likeness (QED) is 0.321. The van der Waals surface area contributed by atoms with Gasteiger partial charge in [-0.3, -0.25) is 4.79 Å². The van der Waals surface area contributed by atoms with Gasteiger partial charge in [-0.05, 0) is 81.5 Å². The van der Waals surface area contributed by atoms with Crippen molar-refractivity contribution in [1.82, 2.24) is 0 Å². The van der Waals surface area contributed by atoms with E-state index in [9.17, 15) is 14.4 Å². The zero-order valence-corrected chi connectivity index (χ0v) is 18.4. The number of nitrogens with zero attached hydrogens (tertiary/aromatic N) is 1. The number of amides is 1. The maximum absolute atomic E-state index is 13.3. The number of aryl methyl sites for hydroxylation is 1. The Balaban J connectivity index is 1.69. The van der Waals surface area contributed by atoms with Crippen molar-refractivity contribution < 1.29 is 13.9 Å². The molecule has 0 aliphatic carbocycles. The molecule has 3 rings (SSSR count). The number of nitriles is 1. The Morgan fingerprint density at radius 2 is 1.90 bits per heavy atom. The highest BCUT2D eigenvalue weighted by Gasteiger charge is 2.11. The van der Waals surface area contributed by atoms with E-state index in [4.69, 9.17) is 4.74 Å². The Morgan fingerprint density at radius 1 is 1.13 bits per heavy atom. The highest BCUT2D eigenvalue weighted by molar-refractivity contribution is 9.10. The summed E-state index contributed by atoms with van der Waals surface area (Å²) in [5.41, 5.74) is 3.16. The van der Waals surface area contributed by atoms with E-state index in [-0.39, 0.29) is 18.0 Å². The third-order valence-electron chi connectivity index (χ3n) is 4.54. The number of benzene rings is 3. The van der Waals surface area contributed by atoms with Gasteiger partial charge >= 0.3 is 0 Å². The molecule has 0 aliphatic heterocycles. The maximum Gasteiger partial charge on any atom is 0.266 e. The second-order valence-corrected chi connectivity index (χ2v) is 7.64. The first-order valence-corrected chi connectivity index (χ1v) is 10.5. The average molecular weight is 479 g/mol. The number of halogens is 2. The lowest BCUT2D eigenvalue weighted by Gasteiger charge is -2.09. The van der Waals surface area contributed by atoms with Crippen LogP contribution in [0.15, 0.2) is 76.8 Å². The predicted molar refractivity (Wildman–Crippen MR) is 123 cm³/mol. The van der Waals surface area contributed by atoms with Gasteiger partial charge < -0.3 is 10.1 Å². The minimum atomic E-state index is -0.477. The number of ether oxygens (including phenoxy) is 1. The summed E-state index contributed by atoms with van der Waals surface area (Å²) in [6.07, 6.45) is 2.42. The predicted octanol–water partition coefficient (Wildman–Crippen LogP) is 6.28. The van der Waals surface area contributed by atoms with Crippen molar-refractivity contribution in [3.63, 3.8) is 0 Å². The molecule has 0 heterocycles. The van der Waals surface area contributed by atoms with E-state index in [0.717, 1.165) is 6.42 Å². The molecule has 0 fully saturated rings. The molecule has 0 aromatic heterocycles. The summed E-state index contributed by atoms with van der Waals surface area (Å²) in [4.78, 5) is 12.5. The Bertz CT molecular complexity index is 1150. The molecular weight excluding hydrogens is 459 g/mol. The average Bonchev–Trinajstić information content (AvgIpc) is 2.77. The first kappa shape index (κ1) is 22.3. The van der Waals surface area contributed by atoms with Crippen LogP contribution in [-0.2, 0) is 17.8 Å². The maximum atomic E-state index is 13.3. The Labute approximate surface area is 189 Å². The first-order chi connectivity index (χ1) is 15.0. The van der Waals surface area contributed by atoms with Crippen LogP contribution in [0, 0.1) is 17.1 Å². The van der Waals surface area contributed by atoms with E-state index >= 15 is 0 Å². The van der Waals surface area contributed by atoms with Crippen molar-refractivity contribution in [2.24, 2.45) is 0 Å². The minimum absolute atomic E-state index is 0.0140. The molecule has 0 atom stereocenters. The van der Waals surface area contributed by atoms with E-state index < -0.39 is 5.91 Å². The molecule has 3 aromatic carbocycles. The van der Waals surface area contributed by atoms with Gasteiger partial charge in [0.1, 0.15) is 29.8 Å². The van der Waals surface area contributed by atoms with Crippen molar-refractivity contribution >= 4 is 33.6 Å². The second kappa shape index (κ2) is 10.6. The van der Waals surface area contributed by atoms with Crippen LogP contribution < -0.4 is 10.1 Å². The van der Waals surface area contributed by atoms with E-state index in [1.165, 1.54) is 23.8 Å². The van der Waals surface area contributed by atoms with Gasteiger partial charge in [-0.1, -0.05) is 37.3 Å². The monoisotopic (exact) mass is 478 g/mol. The first-order valence-electron chi connectivity index (χ1n) is 9.67. The Kier molecular flexibility index (Phi) is 7.58. The fourth-order valence-corrected chi connectivity index (χ4v) is 3.36. The summed E-state index contributed by atoms with van der Waals surface area (Å²) in [5.74, 6) is -0.223. The summed E-state index contributed by atoms with van der Waals surface area (Å²) < 4.78 is 19.7. The van der Waals surface area contributed by atoms with Crippen molar-refractivity contribution in [2.75, 3.05) is 5.32 Å². The van der Waals surface area contributed by atoms with Crippen LogP contribution in [0.2, 0.25) is 0 Å². The van der Waals surface area contributed by atoms with Crippen LogP contribution >= 0.6 is 15.9 Å². The number of hydrogen-bond donors (Lipinski definition) is 1. The standard InChI is InChI=1S/C25H20BrFN2O2/c1-2-17-6-9-22(10-7-17)29-25(30)20(15-28)12-18-8-11-24(23(26)14-18)31-16-19-4-3-5-21(27)13-19/h3-14H,2,16H2,1H3,(H,29,30)/b20-12+. The number of carbonyl (C=O) groups excluding carboxylic acids is 1. The van der Waals surface area contributed by atoms with Gasteiger partial charge in [-0.2, -0.15) is 5.26 Å². The molecule has 0 saturated heterocycles. The lowest BCUT2D eigenvalue weighted by atomic mass is 10.1. The summed E-state index contributed by atoms with van der Waals surface area (Å²) >= 11 is 3.44. The molecule has 0 aliphatic rings. The van der Waals surface area contributed by atoms with Crippen LogP contribution in [0.25, 0.3) is 6.08 Å². The lowest BCUT2D eigenvalue weighted by molar-refractivity contribution is -0.112. The molecule has 6 heteroatoms. The molecule has 3 aromatic rings. The van der Waals surface area contributed by atoms with Crippen molar-refractivity contribution in [3.8, 4) is 11.8 Å². The van der Waals surface area contributed by atoms with Gasteiger partial charge in [0.15, 0.2) is 0 Å². The second-order valence-electron chi connectivity index (χ2n) is 6.78. The van der Waals surface area contributed by atoms with Gasteiger partial charge in [0.25, 0.3) is 5.91 Å². The van der Waals surface area contributed by atoms with Crippen molar-refractivity contribution in [3.05, 3.63) is 99.3 Å². The summed E-state index contributed by atoms with van der Waals surface area (Å²) in [6.45, 7) is 2.27. The van der Waals surface area contributed by atoms with Crippen molar-refractivity contribution in [2.45, 2.75) is 20.0 Å². The highest BCUT2D eigenvalue weighted by atomic mass is 79.9. The van der Waals surface area contributed by atoms with E-state index in [2.05, 4.69) is 28.2 Å². The van der Waals surface area contributed by atoms with Gasteiger partial charge in [-0.15, -0.1) is 0 Å². The Morgan fingerprint density at radius 3 is 2.55 bits per heavy atom. The highest BCUT2D eigenvalue weighted by Crippen LogP contribution is 2.28. The Hall–Kier alpha value is -3.43. The van der Waals surface area contributed by atoms with Gasteiger partial charge in [0.2, 0.25) is 0 Å².